The number of nitrogens with one attached hydrogen (secondary N) is 1. The van der Waals surface area contributed by atoms with Crippen LogP contribution in [0.3, 0.4) is 0 Å². The van der Waals surface area contributed by atoms with Crippen LogP contribution >= 0.6 is 15.9 Å². The second-order valence-corrected chi connectivity index (χ2v) is 5.53. The van der Waals surface area contributed by atoms with Crippen molar-refractivity contribution in [2.75, 3.05) is 20.2 Å². The number of ether oxygens (including phenoxy) is 2. The Bertz CT molecular complexity index is 391. The number of hydrogen-bond acceptors (Lipinski definition) is 3. The number of methoxy groups -OCH3 is 1. The predicted octanol–water partition coefficient (Wildman–Crippen LogP) is 3.29. The van der Waals surface area contributed by atoms with E-state index < -0.39 is 0 Å². The summed E-state index contributed by atoms with van der Waals surface area (Å²) in [5.41, 5.74) is 1.10. The van der Waals surface area contributed by atoms with Gasteiger partial charge in [0.15, 0.2) is 0 Å². The van der Waals surface area contributed by atoms with Gasteiger partial charge < -0.3 is 14.8 Å². The lowest BCUT2D eigenvalue weighted by molar-refractivity contribution is -0.0195. The zero-order valence-corrected chi connectivity index (χ0v) is 12.5. The van der Waals surface area contributed by atoms with Crippen LogP contribution in [-0.2, 0) is 4.74 Å². The maximum absolute atomic E-state index is 6.13. The van der Waals surface area contributed by atoms with Crippen LogP contribution in [0.1, 0.15) is 31.4 Å². The molecule has 1 saturated heterocycles. The fourth-order valence-corrected chi connectivity index (χ4v) is 2.70. The van der Waals surface area contributed by atoms with E-state index in [-0.39, 0.29) is 6.10 Å². The van der Waals surface area contributed by atoms with E-state index in [1.807, 2.05) is 12.1 Å². The standard InChI is InChI=1S/C14H20BrNO2/c1-10(18-12-5-7-16-8-6-12)13-9-11(15)3-4-14(13)17-2/h3-4,9-10,12,16H,5-8H2,1-2H3. The lowest BCUT2D eigenvalue weighted by atomic mass is 10.1. The molecule has 1 fully saturated rings. The molecule has 1 aromatic rings. The van der Waals surface area contributed by atoms with Gasteiger partial charge in [0, 0.05) is 10.0 Å². The van der Waals surface area contributed by atoms with Crippen LogP contribution in [0.15, 0.2) is 22.7 Å². The van der Waals surface area contributed by atoms with Crippen LogP contribution in [0.4, 0.5) is 0 Å². The van der Waals surface area contributed by atoms with Crippen molar-refractivity contribution >= 4 is 15.9 Å². The summed E-state index contributed by atoms with van der Waals surface area (Å²) in [7, 11) is 1.70. The molecule has 0 spiro atoms. The minimum absolute atomic E-state index is 0.0561. The molecule has 0 saturated carbocycles. The van der Waals surface area contributed by atoms with Crippen LogP contribution in [0, 0.1) is 0 Å². The fraction of sp³-hybridized carbons (Fsp3) is 0.571. The molecule has 4 heteroatoms. The lowest BCUT2D eigenvalue weighted by Gasteiger charge is -2.27. The van der Waals surface area contributed by atoms with Crippen molar-refractivity contribution in [1.29, 1.82) is 0 Å². The number of rotatable bonds is 4. The minimum Gasteiger partial charge on any atom is -0.496 e. The van der Waals surface area contributed by atoms with Gasteiger partial charge >= 0.3 is 0 Å². The fourth-order valence-electron chi connectivity index (χ4n) is 2.32. The molecule has 0 aliphatic carbocycles. The summed E-state index contributed by atoms with van der Waals surface area (Å²) in [6, 6.07) is 6.03. The second kappa shape index (κ2) is 6.55. The first-order chi connectivity index (χ1) is 8.70. The molecule has 1 unspecified atom stereocenters. The van der Waals surface area contributed by atoms with Gasteiger partial charge in [-0.25, -0.2) is 0 Å². The second-order valence-electron chi connectivity index (χ2n) is 4.61. The van der Waals surface area contributed by atoms with E-state index in [9.17, 15) is 0 Å². The van der Waals surface area contributed by atoms with E-state index in [0.29, 0.717) is 6.10 Å². The summed E-state index contributed by atoms with van der Waals surface area (Å²) < 4.78 is 12.6. The highest BCUT2D eigenvalue weighted by molar-refractivity contribution is 9.10. The van der Waals surface area contributed by atoms with Crippen LogP contribution in [0.25, 0.3) is 0 Å². The summed E-state index contributed by atoms with van der Waals surface area (Å²) in [4.78, 5) is 0. The molecule has 100 valence electrons. The predicted molar refractivity (Wildman–Crippen MR) is 76.1 cm³/mol. The van der Waals surface area contributed by atoms with Crippen molar-refractivity contribution in [2.45, 2.75) is 32.0 Å². The van der Waals surface area contributed by atoms with Crippen molar-refractivity contribution in [3.05, 3.63) is 28.2 Å². The third kappa shape index (κ3) is 3.46. The Kier molecular flexibility index (Phi) is 5.03. The van der Waals surface area contributed by atoms with Gasteiger partial charge in [-0.1, -0.05) is 15.9 Å². The molecule has 0 bridgehead atoms. The normalized spacial score (nSPS) is 18.6. The van der Waals surface area contributed by atoms with Crippen molar-refractivity contribution in [3.8, 4) is 5.75 Å². The van der Waals surface area contributed by atoms with Gasteiger partial charge in [0.2, 0.25) is 0 Å². The highest BCUT2D eigenvalue weighted by Gasteiger charge is 2.19. The molecule has 0 aromatic heterocycles. The van der Waals surface area contributed by atoms with Crippen molar-refractivity contribution < 1.29 is 9.47 Å². The van der Waals surface area contributed by atoms with Gasteiger partial charge in [0.25, 0.3) is 0 Å². The molecule has 1 heterocycles. The van der Waals surface area contributed by atoms with Gasteiger partial charge in [-0.2, -0.15) is 0 Å². The quantitative estimate of drug-likeness (QED) is 0.925. The van der Waals surface area contributed by atoms with Crippen LogP contribution in [-0.4, -0.2) is 26.3 Å². The summed E-state index contributed by atoms with van der Waals surface area (Å²) in [5, 5.41) is 3.35. The van der Waals surface area contributed by atoms with Gasteiger partial charge in [-0.15, -0.1) is 0 Å². The van der Waals surface area contributed by atoms with Crippen molar-refractivity contribution in [1.82, 2.24) is 5.32 Å². The molecule has 3 nitrogen and oxygen atoms in total. The van der Waals surface area contributed by atoms with Crippen molar-refractivity contribution in [2.24, 2.45) is 0 Å². The van der Waals surface area contributed by atoms with E-state index in [1.165, 1.54) is 0 Å². The topological polar surface area (TPSA) is 30.5 Å². The minimum atomic E-state index is 0.0561. The smallest absolute Gasteiger partial charge is 0.124 e. The number of hydrogen-bond donors (Lipinski definition) is 1. The molecule has 2 rings (SSSR count). The van der Waals surface area contributed by atoms with Crippen LogP contribution < -0.4 is 10.1 Å². The monoisotopic (exact) mass is 313 g/mol. The first-order valence-electron chi connectivity index (χ1n) is 6.40. The van der Waals surface area contributed by atoms with Crippen LogP contribution in [0.5, 0.6) is 5.75 Å². The van der Waals surface area contributed by atoms with E-state index in [2.05, 4.69) is 34.2 Å². The Balaban J connectivity index is 2.07. The number of halogens is 1. The molecular formula is C14H20BrNO2. The molecule has 18 heavy (non-hydrogen) atoms. The maximum atomic E-state index is 6.13. The Morgan fingerprint density at radius 1 is 1.33 bits per heavy atom. The van der Waals surface area contributed by atoms with E-state index in [1.54, 1.807) is 7.11 Å². The Hall–Kier alpha value is -0.580. The molecule has 1 aliphatic rings. The number of benzene rings is 1. The van der Waals surface area contributed by atoms with Gasteiger partial charge in [-0.3, -0.25) is 0 Å². The summed E-state index contributed by atoms with van der Waals surface area (Å²) >= 11 is 3.50. The molecule has 1 atom stereocenters. The Morgan fingerprint density at radius 2 is 2.06 bits per heavy atom. The Labute approximate surface area is 117 Å². The zero-order valence-electron chi connectivity index (χ0n) is 10.9. The molecule has 1 aromatic carbocycles. The molecule has 1 N–H and O–H groups in total. The largest absolute Gasteiger partial charge is 0.496 e. The average Bonchev–Trinajstić information content (AvgIpc) is 2.40. The molecule has 0 amide bonds. The summed E-state index contributed by atoms with van der Waals surface area (Å²) in [6.45, 7) is 4.19. The summed E-state index contributed by atoms with van der Waals surface area (Å²) in [6.07, 6.45) is 2.58. The third-order valence-electron chi connectivity index (χ3n) is 3.31. The highest BCUT2D eigenvalue weighted by Crippen LogP contribution is 2.31. The van der Waals surface area contributed by atoms with Crippen LogP contribution in [0.2, 0.25) is 0 Å². The molecular weight excluding hydrogens is 294 g/mol. The number of piperidine rings is 1. The lowest BCUT2D eigenvalue weighted by Crippen LogP contribution is -2.33. The van der Waals surface area contributed by atoms with Gasteiger partial charge in [0.05, 0.1) is 19.3 Å². The highest BCUT2D eigenvalue weighted by atomic mass is 79.9. The summed E-state index contributed by atoms with van der Waals surface area (Å²) in [5.74, 6) is 0.889. The average molecular weight is 314 g/mol. The molecule has 0 radical (unpaired) electrons. The molecule has 1 aliphatic heterocycles. The van der Waals surface area contributed by atoms with Gasteiger partial charge in [-0.05, 0) is 51.1 Å². The van der Waals surface area contributed by atoms with Gasteiger partial charge in [0.1, 0.15) is 5.75 Å². The maximum Gasteiger partial charge on any atom is 0.124 e. The Morgan fingerprint density at radius 3 is 2.72 bits per heavy atom. The van der Waals surface area contributed by atoms with Crippen molar-refractivity contribution in [3.63, 3.8) is 0 Å². The van der Waals surface area contributed by atoms with E-state index in [0.717, 1.165) is 41.7 Å². The first kappa shape index (κ1) is 13.8. The SMILES string of the molecule is COc1ccc(Br)cc1C(C)OC1CCNCC1. The first-order valence-corrected chi connectivity index (χ1v) is 7.19. The third-order valence-corrected chi connectivity index (χ3v) is 3.81. The van der Waals surface area contributed by atoms with E-state index in [4.69, 9.17) is 9.47 Å². The van der Waals surface area contributed by atoms with E-state index >= 15 is 0 Å². The zero-order chi connectivity index (χ0) is 13.0.